The van der Waals surface area contributed by atoms with Crippen molar-refractivity contribution in [2.75, 3.05) is 13.6 Å². The minimum absolute atomic E-state index is 0. The van der Waals surface area contributed by atoms with Crippen LogP contribution in [0.5, 0.6) is 0 Å². The Hall–Kier alpha value is -1.66. The summed E-state index contributed by atoms with van der Waals surface area (Å²) in [6.45, 7) is 6.20. The maximum atomic E-state index is 12.4. The third-order valence-electron chi connectivity index (χ3n) is 3.73. The normalized spacial score (nSPS) is 11.7. The molecule has 1 aromatic carbocycles. The number of nitrogens with two attached hydrogens (primary N) is 1. The summed E-state index contributed by atoms with van der Waals surface area (Å²) in [4.78, 5) is 24.4. The predicted octanol–water partition coefficient (Wildman–Crippen LogP) is 2.77. The Labute approximate surface area is 137 Å². The Morgan fingerprint density at radius 1 is 1.41 bits per heavy atom. The lowest BCUT2D eigenvalue weighted by molar-refractivity contribution is -0.385. The van der Waals surface area contributed by atoms with Gasteiger partial charge >= 0.3 is 0 Å². The van der Waals surface area contributed by atoms with E-state index < -0.39 is 4.92 Å². The Bertz CT molecular complexity index is 535. The third kappa shape index (κ3) is 4.96. The van der Waals surface area contributed by atoms with E-state index in [1.54, 1.807) is 24.9 Å². The van der Waals surface area contributed by atoms with Crippen LogP contribution in [-0.2, 0) is 0 Å². The molecule has 0 saturated carbocycles. The largest absolute Gasteiger partial charge is 0.342 e. The van der Waals surface area contributed by atoms with Crippen LogP contribution < -0.4 is 5.73 Å². The first-order valence-electron chi connectivity index (χ1n) is 7.00. The molecule has 1 rings (SSSR count). The zero-order valence-electron chi connectivity index (χ0n) is 13.4. The summed E-state index contributed by atoms with van der Waals surface area (Å²) in [5.41, 5.74) is 6.70. The molecule has 1 aromatic rings. The molecule has 1 unspecified atom stereocenters. The lowest BCUT2D eigenvalue weighted by atomic mass is 10.0. The van der Waals surface area contributed by atoms with Crippen LogP contribution in [0.3, 0.4) is 0 Å². The Balaban J connectivity index is 0.00000441. The number of carbonyl (C=O) groups is 1. The van der Waals surface area contributed by atoms with Gasteiger partial charge in [-0.2, -0.15) is 0 Å². The van der Waals surface area contributed by atoms with Crippen molar-refractivity contribution < 1.29 is 9.72 Å². The molecule has 0 spiro atoms. The maximum absolute atomic E-state index is 12.4. The summed E-state index contributed by atoms with van der Waals surface area (Å²) < 4.78 is 0. The fourth-order valence-corrected chi connectivity index (χ4v) is 2.04. The zero-order chi connectivity index (χ0) is 16.2. The van der Waals surface area contributed by atoms with Crippen molar-refractivity contribution in [1.82, 2.24) is 4.90 Å². The molecule has 22 heavy (non-hydrogen) atoms. The first kappa shape index (κ1) is 20.3. The van der Waals surface area contributed by atoms with Gasteiger partial charge in [-0.25, -0.2) is 0 Å². The highest BCUT2D eigenvalue weighted by Gasteiger charge is 2.21. The Kier molecular flexibility index (Phi) is 8.05. The first-order valence-corrected chi connectivity index (χ1v) is 7.00. The molecule has 0 bridgehead atoms. The van der Waals surface area contributed by atoms with Gasteiger partial charge in [-0.05, 0) is 25.3 Å². The van der Waals surface area contributed by atoms with Gasteiger partial charge in [0, 0.05) is 36.8 Å². The smallest absolute Gasteiger partial charge is 0.273 e. The van der Waals surface area contributed by atoms with Crippen LogP contribution in [0.4, 0.5) is 5.69 Å². The minimum atomic E-state index is -0.471. The van der Waals surface area contributed by atoms with Crippen LogP contribution in [-0.4, -0.2) is 35.4 Å². The highest BCUT2D eigenvalue weighted by Crippen LogP contribution is 2.22. The number of nitrogens with zero attached hydrogens (tertiary/aromatic N) is 2. The number of halogens is 1. The molecule has 0 aliphatic carbocycles. The van der Waals surface area contributed by atoms with Gasteiger partial charge in [0.25, 0.3) is 11.6 Å². The molecule has 7 heteroatoms. The molecule has 1 atom stereocenters. The summed E-state index contributed by atoms with van der Waals surface area (Å²) >= 11 is 0. The molecule has 0 aromatic heterocycles. The summed E-state index contributed by atoms with van der Waals surface area (Å²) in [5, 5.41) is 10.9. The Morgan fingerprint density at radius 2 is 2.00 bits per heavy atom. The fourth-order valence-electron chi connectivity index (χ4n) is 2.04. The SMILES string of the molecule is Cc1c(C(=O)N(C)CCC(N)C(C)C)cccc1[N+](=O)[O-].Cl. The van der Waals surface area contributed by atoms with Crippen molar-refractivity contribution in [3.63, 3.8) is 0 Å². The van der Waals surface area contributed by atoms with E-state index in [0.29, 0.717) is 30.0 Å². The number of benzene rings is 1. The number of hydrogen-bond acceptors (Lipinski definition) is 4. The van der Waals surface area contributed by atoms with Gasteiger partial charge in [-0.3, -0.25) is 14.9 Å². The molecule has 1 amide bonds. The second-order valence-corrected chi connectivity index (χ2v) is 5.63. The number of nitro groups is 1. The van der Waals surface area contributed by atoms with Crippen LogP contribution in [0.1, 0.15) is 36.2 Å². The third-order valence-corrected chi connectivity index (χ3v) is 3.73. The van der Waals surface area contributed by atoms with E-state index in [9.17, 15) is 14.9 Å². The van der Waals surface area contributed by atoms with Crippen LogP contribution in [0, 0.1) is 23.0 Å². The summed E-state index contributed by atoms with van der Waals surface area (Å²) in [6, 6.07) is 4.59. The second-order valence-electron chi connectivity index (χ2n) is 5.63. The van der Waals surface area contributed by atoms with Crippen LogP contribution in [0.2, 0.25) is 0 Å². The first-order chi connectivity index (χ1) is 9.75. The average Bonchev–Trinajstić information content (AvgIpc) is 2.43. The molecule has 0 aliphatic heterocycles. The van der Waals surface area contributed by atoms with Crippen molar-refractivity contribution in [3.8, 4) is 0 Å². The lowest BCUT2D eigenvalue weighted by Gasteiger charge is -2.22. The molecule has 0 heterocycles. The predicted molar refractivity (Wildman–Crippen MR) is 89.5 cm³/mol. The van der Waals surface area contributed by atoms with Crippen molar-refractivity contribution in [1.29, 1.82) is 0 Å². The second kappa shape index (κ2) is 8.70. The molecule has 0 radical (unpaired) electrons. The minimum Gasteiger partial charge on any atom is -0.342 e. The quantitative estimate of drug-likeness (QED) is 0.642. The highest BCUT2D eigenvalue weighted by atomic mass is 35.5. The summed E-state index contributed by atoms with van der Waals surface area (Å²) in [5.74, 6) is 0.139. The summed E-state index contributed by atoms with van der Waals surface area (Å²) in [7, 11) is 1.69. The van der Waals surface area contributed by atoms with E-state index in [0.717, 1.165) is 0 Å². The summed E-state index contributed by atoms with van der Waals surface area (Å²) in [6.07, 6.45) is 0.702. The molecule has 2 N–H and O–H groups in total. The van der Waals surface area contributed by atoms with Gasteiger partial charge in [0.05, 0.1) is 4.92 Å². The molecule has 124 valence electrons. The molecule has 0 fully saturated rings. The van der Waals surface area contributed by atoms with Crippen molar-refractivity contribution in [2.24, 2.45) is 11.7 Å². The molecular weight excluding hydrogens is 306 g/mol. The van der Waals surface area contributed by atoms with Crippen LogP contribution in [0.15, 0.2) is 18.2 Å². The average molecular weight is 330 g/mol. The van der Waals surface area contributed by atoms with Gasteiger partial charge in [-0.1, -0.05) is 19.9 Å². The molecular formula is C15H24ClN3O3. The van der Waals surface area contributed by atoms with Gasteiger partial charge in [-0.15, -0.1) is 12.4 Å². The van der Waals surface area contributed by atoms with E-state index in [4.69, 9.17) is 5.73 Å². The lowest BCUT2D eigenvalue weighted by Crippen LogP contribution is -2.34. The number of rotatable bonds is 6. The number of nitro benzene ring substituents is 1. The topological polar surface area (TPSA) is 89.5 Å². The van der Waals surface area contributed by atoms with Crippen LogP contribution in [0.25, 0.3) is 0 Å². The van der Waals surface area contributed by atoms with E-state index in [-0.39, 0.29) is 30.0 Å². The van der Waals surface area contributed by atoms with Gasteiger partial charge in [0.1, 0.15) is 0 Å². The molecule has 6 nitrogen and oxygen atoms in total. The zero-order valence-corrected chi connectivity index (χ0v) is 14.2. The van der Waals surface area contributed by atoms with E-state index in [2.05, 4.69) is 0 Å². The monoisotopic (exact) mass is 329 g/mol. The van der Waals surface area contributed by atoms with Gasteiger partial charge in [0.2, 0.25) is 0 Å². The van der Waals surface area contributed by atoms with E-state index >= 15 is 0 Å². The van der Waals surface area contributed by atoms with E-state index in [1.165, 1.54) is 12.1 Å². The van der Waals surface area contributed by atoms with Gasteiger partial charge in [0.15, 0.2) is 0 Å². The molecule has 0 saturated heterocycles. The van der Waals surface area contributed by atoms with Crippen LogP contribution >= 0.6 is 12.4 Å². The van der Waals surface area contributed by atoms with Gasteiger partial charge < -0.3 is 10.6 Å². The van der Waals surface area contributed by atoms with E-state index in [1.807, 2.05) is 13.8 Å². The van der Waals surface area contributed by atoms with Crippen molar-refractivity contribution in [2.45, 2.75) is 33.2 Å². The number of hydrogen-bond donors (Lipinski definition) is 1. The standard InChI is InChI=1S/C15H23N3O3.ClH/c1-10(2)13(16)8-9-17(4)15(19)12-6-5-7-14(11(12)3)18(20)21;/h5-7,10,13H,8-9,16H2,1-4H3;1H. The molecule has 0 aliphatic rings. The fraction of sp³-hybridized carbons (Fsp3) is 0.533. The Morgan fingerprint density at radius 3 is 2.50 bits per heavy atom. The number of amides is 1. The highest BCUT2D eigenvalue weighted by molar-refractivity contribution is 5.96. The number of carbonyl (C=O) groups excluding carboxylic acids is 1. The van der Waals surface area contributed by atoms with Crippen molar-refractivity contribution in [3.05, 3.63) is 39.4 Å². The van der Waals surface area contributed by atoms with Crippen molar-refractivity contribution >= 4 is 24.0 Å². The maximum Gasteiger partial charge on any atom is 0.273 e.